The summed E-state index contributed by atoms with van der Waals surface area (Å²) in [6.45, 7) is 3.94. The molecule has 2 aliphatic rings. The lowest BCUT2D eigenvalue weighted by Crippen LogP contribution is -2.53. The first-order chi connectivity index (χ1) is 11.0. The van der Waals surface area contributed by atoms with Crippen molar-refractivity contribution >= 4 is 24.2 Å². The topological polar surface area (TPSA) is 75.4 Å². The Kier molecular flexibility index (Phi) is 5.88. The molecule has 3 N–H and O–H groups in total. The zero-order valence-corrected chi connectivity index (χ0v) is 14.9. The molecule has 132 valence electrons. The van der Waals surface area contributed by atoms with Crippen LogP contribution in [0.4, 0.5) is 0 Å². The lowest BCUT2D eigenvalue weighted by molar-refractivity contribution is -0.128. The van der Waals surface area contributed by atoms with Gasteiger partial charge in [-0.25, -0.2) is 0 Å². The van der Waals surface area contributed by atoms with E-state index in [-0.39, 0.29) is 29.8 Å². The molecule has 0 bridgehead atoms. The molecule has 2 amide bonds. The first kappa shape index (κ1) is 18.7. The Balaban J connectivity index is 0.00000208. The highest BCUT2D eigenvalue weighted by atomic mass is 35.5. The van der Waals surface area contributed by atoms with Gasteiger partial charge in [0, 0.05) is 31.6 Å². The first-order valence-electron chi connectivity index (χ1n) is 8.41. The Morgan fingerprint density at radius 3 is 2.50 bits per heavy atom. The predicted octanol–water partition coefficient (Wildman–Crippen LogP) is 2.09. The molecule has 1 saturated heterocycles. The van der Waals surface area contributed by atoms with Crippen LogP contribution in [0.2, 0.25) is 0 Å². The second-order valence-corrected chi connectivity index (χ2v) is 6.97. The highest BCUT2D eigenvalue weighted by Gasteiger charge is 2.41. The van der Waals surface area contributed by atoms with Gasteiger partial charge in [0.15, 0.2) is 0 Å². The zero-order chi connectivity index (χ0) is 16.4. The molecule has 1 aromatic rings. The van der Waals surface area contributed by atoms with Crippen LogP contribution in [-0.4, -0.2) is 35.3 Å². The molecule has 1 aliphatic carbocycles. The monoisotopic (exact) mass is 351 g/mol. The van der Waals surface area contributed by atoms with Crippen LogP contribution in [0.15, 0.2) is 24.3 Å². The number of rotatable bonds is 6. The number of carbonyl (C=O) groups excluding carboxylic acids is 2. The average Bonchev–Trinajstić information content (AvgIpc) is 3.33. The van der Waals surface area contributed by atoms with E-state index in [0.717, 1.165) is 31.4 Å². The van der Waals surface area contributed by atoms with E-state index < -0.39 is 0 Å². The number of amides is 2. The summed E-state index contributed by atoms with van der Waals surface area (Å²) >= 11 is 0. The SMILES string of the molecule is CC(CN)(NC(=O)c1ccc(CN2CCCC2=O)cc1)C1CC1.Cl. The quantitative estimate of drug-likeness (QED) is 0.824. The molecule has 6 heteroatoms. The van der Waals surface area contributed by atoms with Crippen molar-refractivity contribution in [3.05, 3.63) is 35.4 Å². The van der Waals surface area contributed by atoms with E-state index in [4.69, 9.17) is 5.73 Å². The summed E-state index contributed by atoms with van der Waals surface area (Å²) in [7, 11) is 0. The van der Waals surface area contributed by atoms with Gasteiger partial charge < -0.3 is 16.0 Å². The van der Waals surface area contributed by atoms with Gasteiger partial charge in [-0.2, -0.15) is 0 Å². The fraction of sp³-hybridized carbons (Fsp3) is 0.556. The van der Waals surface area contributed by atoms with E-state index in [2.05, 4.69) is 5.32 Å². The summed E-state index contributed by atoms with van der Waals surface area (Å²) in [5, 5.41) is 3.09. The minimum absolute atomic E-state index is 0. The third-order valence-electron chi connectivity index (χ3n) is 5.06. The third kappa shape index (κ3) is 4.08. The summed E-state index contributed by atoms with van der Waals surface area (Å²) in [5.74, 6) is 0.639. The van der Waals surface area contributed by atoms with Crippen LogP contribution in [0.3, 0.4) is 0 Å². The van der Waals surface area contributed by atoms with Crippen molar-refractivity contribution in [2.45, 2.75) is 44.7 Å². The molecule has 3 rings (SSSR count). The van der Waals surface area contributed by atoms with Crippen molar-refractivity contribution in [3.8, 4) is 0 Å². The van der Waals surface area contributed by atoms with Gasteiger partial charge in [-0.15, -0.1) is 12.4 Å². The summed E-state index contributed by atoms with van der Waals surface area (Å²) in [6, 6.07) is 7.51. The third-order valence-corrected chi connectivity index (χ3v) is 5.06. The largest absolute Gasteiger partial charge is 0.345 e. The van der Waals surface area contributed by atoms with Crippen molar-refractivity contribution < 1.29 is 9.59 Å². The standard InChI is InChI=1S/C18H25N3O2.ClH/c1-18(12-19,15-8-9-15)20-17(23)14-6-4-13(5-7-14)11-21-10-2-3-16(21)22;/h4-7,15H,2-3,8-12,19H2,1H3,(H,20,23);1H. The van der Waals surface area contributed by atoms with Crippen LogP contribution < -0.4 is 11.1 Å². The van der Waals surface area contributed by atoms with Crippen molar-refractivity contribution in [1.29, 1.82) is 0 Å². The summed E-state index contributed by atoms with van der Waals surface area (Å²) in [6.07, 6.45) is 3.87. The second kappa shape index (κ2) is 7.53. The molecule has 2 fully saturated rings. The Morgan fingerprint density at radius 1 is 1.33 bits per heavy atom. The van der Waals surface area contributed by atoms with Crippen molar-refractivity contribution in [2.24, 2.45) is 11.7 Å². The van der Waals surface area contributed by atoms with Crippen LogP contribution in [-0.2, 0) is 11.3 Å². The molecule has 0 radical (unpaired) electrons. The highest BCUT2D eigenvalue weighted by Crippen LogP contribution is 2.39. The molecular weight excluding hydrogens is 326 g/mol. The van der Waals surface area contributed by atoms with Gasteiger partial charge in [0.1, 0.15) is 0 Å². The Hall–Kier alpha value is -1.59. The van der Waals surface area contributed by atoms with E-state index in [1.165, 1.54) is 0 Å². The maximum atomic E-state index is 12.4. The second-order valence-electron chi connectivity index (χ2n) is 6.97. The van der Waals surface area contributed by atoms with Crippen molar-refractivity contribution in [3.63, 3.8) is 0 Å². The molecule has 0 aromatic heterocycles. The zero-order valence-electron chi connectivity index (χ0n) is 14.1. The average molecular weight is 352 g/mol. The van der Waals surface area contributed by atoms with Gasteiger partial charge >= 0.3 is 0 Å². The van der Waals surface area contributed by atoms with E-state index in [1.807, 2.05) is 36.1 Å². The lowest BCUT2D eigenvalue weighted by Gasteiger charge is -2.29. The fourth-order valence-electron chi connectivity index (χ4n) is 3.22. The molecule has 24 heavy (non-hydrogen) atoms. The molecule has 0 spiro atoms. The van der Waals surface area contributed by atoms with Gasteiger partial charge in [0.05, 0.1) is 5.54 Å². The number of nitrogens with two attached hydrogens (primary N) is 1. The van der Waals surface area contributed by atoms with E-state index >= 15 is 0 Å². The fourth-order valence-corrected chi connectivity index (χ4v) is 3.22. The highest BCUT2D eigenvalue weighted by molar-refractivity contribution is 5.94. The van der Waals surface area contributed by atoms with Crippen LogP contribution in [0.5, 0.6) is 0 Å². The number of halogens is 1. The lowest BCUT2D eigenvalue weighted by atomic mass is 9.95. The minimum atomic E-state index is -0.308. The van der Waals surface area contributed by atoms with Gasteiger partial charge in [-0.3, -0.25) is 9.59 Å². The summed E-state index contributed by atoms with van der Waals surface area (Å²) in [4.78, 5) is 26.0. The van der Waals surface area contributed by atoms with Crippen molar-refractivity contribution in [2.75, 3.05) is 13.1 Å². The van der Waals surface area contributed by atoms with Crippen LogP contribution in [0, 0.1) is 5.92 Å². The molecule has 5 nitrogen and oxygen atoms in total. The molecule has 1 atom stereocenters. The number of nitrogens with zero attached hydrogens (tertiary/aromatic N) is 1. The van der Waals surface area contributed by atoms with Gasteiger partial charge in [0.25, 0.3) is 5.91 Å². The molecule has 1 unspecified atom stereocenters. The minimum Gasteiger partial charge on any atom is -0.345 e. The van der Waals surface area contributed by atoms with Crippen LogP contribution >= 0.6 is 12.4 Å². The Labute approximate surface area is 149 Å². The number of nitrogens with one attached hydrogen (secondary N) is 1. The normalized spacial score (nSPS) is 19.6. The molecule has 1 aliphatic heterocycles. The van der Waals surface area contributed by atoms with E-state index in [1.54, 1.807) is 0 Å². The Morgan fingerprint density at radius 2 is 2.00 bits per heavy atom. The summed E-state index contributed by atoms with van der Waals surface area (Å²) in [5.41, 5.74) is 7.24. The number of likely N-dealkylation sites (tertiary alicyclic amines) is 1. The van der Waals surface area contributed by atoms with Crippen LogP contribution in [0.1, 0.15) is 48.5 Å². The number of hydrogen-bond donors (Lipinski definition) is 2. The number of benzene rings is 1. The smallest absolute Gasteiger partial charge is 0.251 e. The first-order valence-corrected chi connectivity index (χ1v) is 8.41. The predicted molar refractivity (Wildman–Crippen MR) is 96.0 cm³/mol. The van der Waals surface area contributed by atoms with Crippen molar-refractivity contribution in [1.82, 2.24) is 10.2 Å². The molecule has 1 aromatic carbocycles. The van der Waals surface area contributed by atoms with Gasteiger partial charge in [-0.1, -0.05) is 12.1 Å². The van der Waals surface area contributed by atoms with Gasteiger partial charge in [0.2, 0.25) is 5.91 Å². The number of hydrogen-bond acceptors (Lipinski definition) is 3. The maximum absolute atomic E-state index is 12.4. The molecular formula is C18H26ClN3O2. The van der Waals surface area contributed by atoms with Crippen LogP contribution in [0.25, 0.3) is 0 Å². The maximum Gasteiger partial charge on any atom is 0.251 e. The molecule has 1 saturated carbocycles. The number of carbonyl (C=O) groups is 2. The van der Waals surface area contributed by atoms with E-state index in [0.29, 0.717) is 31.0 Å². The van der Waals surface area contributed by atoms with Gasteiger partial charge in [-0.05, 0) is 49.8 Å². The summed E-state index contributed by atoms with van der Waals surface area (Å²) < 4.78 is 0. The van der Waals surface area contributed by atoms with E-state index in [9.17, 15) is 9.59 Å². The Bertz CT molecular complexity index is 601. The molecule has 1 heterocycles.